The molecule has 0 spiro atoms. The number of amides is 2. The number of carbonyl (C=O) groups is 2. The Labute approximate surface area is 263 Å². The normalized spacial score (nSPS) is 15.5. The van der Waals surface area contributed by atoms with Crippen LogP contribution in [0, 0.1) is 17.7 Å². The largest absolute Gasteiger partial charge is 0.493 e. The van der Waals surface area contributed by atoms with Crippen LogP contribution in [0.25, 0.3) is 10.9 Å². The van der Waals surface area contributed by atoms with Crippen LogP contribution < -0.4 is 30.2 Å². The summed E-state index contributed by atoms with van der Waals surface area (Å²) in [6.07, 6.45) is 6.47. The van der Waals surface area contributed by atoms with Gasteiger partial charge in [0.05, 0.1) is 19.7 Å². The van der Waals surface area contributed by atoms with Crippen molar-refractivity contribution in [2.24, 2.45) is 11.8 Å². The van der Waals surface area contributed by atoms with Crippen LogP contribution in [0.2, 0.25) is 0 Å². The predicted molar refractivity (Wildman–Crippen MR) is 174 cm³/mol. The first-order chi connectivity index (χ1) is 21.8. The zero-order chi connectivity index (χ0) is 32.2. The van der Waals surface area contributed by atoms with Crippen molar-refractivity contribution in [2.45, 2.75) is 32.6 Å². The van der Waals surface area contributed by atoms with Crippen molar-refractivity contribution in [1.82, 2.24) is 15.6 Å². The number of fused-ring (bicyclic) bond motifs is 1. The van der Waals surface area contributed by atoms with Gasteiger partial charge in [-0.3, -0.25) is 14.6 Å². The number of nitrogens with one attached hydrogen (secondary N) is 3. The van der Waals surface area contributed by atoms with E-state index >= 15 is 0 Å². The number of rotatable bonds is 10. The third kappa shape index (κ3) is 9.15. The lowest BCUT2D eigenvalue weighted by Gasteiger charge is -2.13. The number of halogens is 1. The molecule has 1 aliphatic carbocycles. The number of methoxy groups -OCH3 is 2. The number of hydrogen-bond acceptors (Lipinski definition) is 7. The van der Waals surface area contributed by atoms with E-state index in [0.717, 1.165) is 23.5 Å². The summed E-state index contributed by atoms with van der Waals surface area (Å²) in [5.41, 5.74) is 1.73. The fourth-order valence-corrected chi connectivity index (χ4v) is 5.34. The third-order valence-corrected chi connectivity index (χ3v) is 7.87. The van der Waals surface area contributed by atoms with Gasteiger partial charge in [-0.15, -0.1) is 0 Å². The molecule has 1 fully saturated rings. The van der Waals surface area contributed by atoms with E-state index in [-0.39, 0.29) is 11.4 Å². The van der Waals surface area contributed by atoms with Crippen LogP contribution in [0.5, 0.6) is 23.0 Å². The number of hydrogen-bond donors (Lipinski definition) is 3. The molecule has 10 heteroatoms. The molecule has 3 aromatic carbocycles. The Bertz CT molecular complexity index is 1580. The molecule has 1 aromatic heterocycles. The molecule has 0 saturated heterocycles. The zero-order valence-corrected chi connectivity index (χ0v) is 26.2. The number of benzene rings is 3. The second-order valence-corrected chi connectivity index (χ2v) is 11.0. The van der Waals surface area contributed by atoms with Gasteiger partial charge in [-0.25, -0.2) is 4.39 Å². The molecule has 238 valence electrons. The highest BCUT2D eigenvalue weighted by Crippen LogP contribution is 2.37. The molecule has 1 saturated carbocycles. The fraction of sp³-hybridized carbons (Fsp3) is 0.343. The molecule has 9 nitrogen and oxygen atoms in total. The topological polar surface area (TPSA) is 111 Å². The summed E-state index contributed by atoms with van der Waals surface area (Å²) >= 11 is 0. The quantitative estimate of drug-likeness (QED) is 0.184. The van der Waals surface area contributed by atoms with Gasteiger partial charge in [0, 0.05) is 35.9 Å². The monoisotopic (exact) mass is 616 g/mol. The Kier molecular flexibility index (Phi) is 12.1. The van der Waals surface area contributed by atoms with E-state index in [1.165, 1.54) is 58.4 Å². The van der Waals surface area contributed by atoms with Crippen molar-refractivity contribution in [2.75, 3.05) is 39.7 Å². The fourth-order valence-electron chi connectivity index (χ4n) is 5.34. The van der Waals surface area contributed by atoms with E-state index in [9.17, 15) is 14.0 Å². The molecule has 1 aliphatic rings. The number of carbonyl (C=O) groups excluding carboxylic acids is 2. The van der Waals surface area contributed by atoms with E-state index in [1.807, 2.05) is 37.4 Å². The minimum Gasteiger partial charge on any atom is -0.493 e. The van der Waals surface area contributed by atoms with E-state index < -0.39 is 17.6 Å². The summed E-state index contributed by atoms with van der Waals surface area (Å²) in [4.78, 5) is 28.6. The number of aromatic nitrogens is 1. The van der Waals surface area contributed by atoms with Crippen LogP contribution in [-0.4, -0.2) is 51.2 Å². The Morgan fingerprint density at radius 1 is 0.911 bits per heavy atom. The molecule has 2 atom stereocenters. The minimum absolute atomic E-state index is 0.0670. The van der Waals surface area contributed by atoms with Crippen molar-refractivity contribution in [3.8, 4) is 23.0 Å². The van der Waals surface area contributed by atoms with Crippen LogP contribution in [0.1, 0.15) is 31.7 Å². The number of anilines is 1. The van der Waals surface area contributed by atoms with Crippen molar-refractivity contribution in [1.29, 1.82) is 0 Å². The molecule has 3 N–H and O–H groups in total. The molecule has 0 bridgehead atoms. The molecule has 2 amide bonds. The van der Waals surface area contributed by atoms with E-state index in [2.05, 4.69) is 27.9 Å². The second-order valence-electron chi connectivity index (χ2n) is 11.0. The highest BCUT2D eigenvalue weighted by molar-refractivity contribution is 6.39. The minimum atomic E-state index is -0.891. The van der Waals surface area contributed by atoms with Crippen LogP contribution in [-0.2, 0) is 16.0 Å². The second kappa shape index (κ2) is 16.4. The Morgan fingerprint density at radius 3 is 2.33 bits per heavy atom. The predicted octanol–water partition coefficient (Wildman–Crippen LogP) is 6.12. The molecule has 5 rings (SSSR count). The van der Waals surface area contributed by atoms with Crippen molar-refractivity contribution < 1.29 is 28.2 Å². The standard InChI is InChI=1S/C27H24FN3O5.C8H17N/c1-34-24-15-19-21(16-25(24)35-2)29-13-11-22(19)36-23-9-8-18(14-20(23)28)31-27(33)26(32)30-12-10-17-6-4-3-5-7-17;1-7-4-3-5-8(7)6-9-2/h3-9,11,13-16H,10,12H2,1-2H3,(H,30,32)(H,31,33);7-9H,3-6H2,1-2H3. The molecule has 0 radical (unpaired) electrons. The lowest BCUT2D eigenvalue weighted by Crippen LogP contribution is -2.36. The van der Waals surface area contributed by atoms with Crippen LogP contribution in [0.4, 0.5) is 10.1 Å². The number of pyridine rings is 1. The van der Waals surface area contributed by atoms with Gasteiger partial charge >= 0.3 is 11.8 Å². The Balaban J connectivity index is 0.000000440. The molecule has 2 unspecified atom stereocenters. The summed E-state index contributed by atoms with van der Waals surface area (Å²) in [7, 11) is 5.08. The van der Waals surface area contributed by atoms with Gasteiger partial charge in [0.15, 0.2) is 23.1 Å². The van der Waals surface area contributed by atoms with Crippen molar-refractivity contribution >= 4 is 28.4 Å². The maximum atomic E-state index is 14.8. The van der Waals surface area contributed by atoms with Gasteiger partial charge in [-0.1, -0.05) is 50.1 Å². The Hall–Kier alpha value is -4.70. The average Bonchev–Trinajstić information content (AvgIpc) is 3.46. The van der Waals surface area contributed by atoms with Crippen LogP contribution in [0.3, 0.4) is 0 Å². The SMILES string of the molecule is CNCC1CCCC1C.COc1cc2nccc(Oc3ccc(NC(=O)C(=O)NCCc4ccccc4)cc3F)c2cc1OC. The molecular formula is C35H41FN4O5. The van der Waals surface area contributed by atoms with E-state index in [0.29, 0.717) is 41.1 Å². The maximum absolute atomic E-state index is 14.8. The first-order valence-electron chi connectivity index (χ1n) is 15.1. The highest BCUT2D eigenvalue weighted by atomic mass is 19.1. The molecular weight excluding hydrogens is 575 g/mol. The van der Waals surface area contributed by atoms with Gasteiger partial charge in [0.25, 0.3) is 0 Å². The van der Waals surface area contributed by atoms with E-state index in [4.69, 9.17) is 14.2 Å². The van der Waals surface area contributed by atoms with E-state index in [1.54, 1.807) is 18.2 Å². The van der Waals surface area contributed by atoms with Gasteiger partial charge in [-0.2, -0.15) is 0 Å². The molecule has 1 heterocycles. The third-order valence-electron chi connectivity index (χ3n) is 7.87. The summed E-state index contributed by atoms with van der Waals surface area (Å²) in [5, 5.41) is 8.78. The van der Waals surface area contributed by atoms with Gasteiger partial charge in [0.1, 0.15) is 5.75 Å². The van der Waals surface area contributed by atoms with Crippen molar-refractivity contribution in [3.63, 3.8) is 0 Å². The summed E-state index contributed by atoms with van der Waals surface area (Å²) in [6.45, 7) is 3.89. The summed E-state index contributed by atoms with van der Waals surface area (Å²) in [6, 6.07) is 18.4. The van der Waals surface area contributed by atoms with Gasteiger partial charge in [0.2, 0.25) is 0 Å². The average molecular weight is 617 g/mol. The first-order valence-corrected chi connectivity index (χ1v) is 15.1. The molecule has 0 aliphatic heterocycles. The molecule has 4 aromatic rings. The Morgan fingerprint density at radius 2 is 1.67 bits per heavy atom. The highest BCUT2D eigenvalue weighted by Gasteiger charge is 2.22. The smallest absolute Gasteiger partial charge is 0.313 e. The van der Waals surface area contributed by atoms with Crippen LogP contribution in [0.15, 0.2) is 72.9 Å². The number of ether oxygens (including phenoxy) is 3. The lowest BCUT2D eigenvalue weighted by atomic mass is 9.98. The first kappa shape index (κ1) is 33.2. The number of nitrogens with zero attached hydrogens (tertiary/aromatic N) is 1. The molecule has 45 heavy (non-hydrogen) atoms. The van der Waals surface area contributed by atoms with Gasteiger partial charge < -0.3 is 30.2 Å². The van der Waals surface area contributed by atoms with Crippen molar-refractivity contribution in [3.05, 3.63) is 84.3 Å². The maximum Gasteiger partial charge on any atom is 0.313 e. The lowest BCUT2D eigenvalue weighted by molar-refractivity contribution is -0.136. The summed E-state index contributed by atoms with van der Waals surface area (Å²) in [5.74, 6) is 0.789. The summed E-state index contributed by atoms with van der Waals surface area (Å²) < 4.78 is 31.2. The van der Waals surface area contributed by atoms with Crippen LogP contribution >= 0.6 is 0 Å². The zero-order valence-electron chi connectivity index (χ0n) is 26.2. The van der Waals surface area contributed by atoms with Gasteiger partial charge in [-0.05, 0) is 68.1 Å².